The summed E-state index contributed by atoms with van der Waals surface area (Å²) >= 11 is 0. The molecule has 0 unspecified atom stereocenters. The van der Waals surface area contributed by atoms with Crippen LogP contribution in [0.25, 0.3) is 10.1 Å². The van der Waals surface area contributed by atoms with E-state index in [1.165, 1.54) is 0 Å². The Kier molecular flexibility index (Phi) is 3.77. The number of diazo groups is 1. The second-order valence-electron chi connectivity index (χ2n) is 2.66. The fraction of sp³-hybridized carbons (Fsp3) is 0.400. The van der Waals surface area contributed by atoms with E-state index in [-0.39, 0.29) is 0 Å². The fourth-order valence-corrected chi connectivity index (χ4v) is 0.960. The first kappa shape index (κ1) is 9.53. The van der Waals surface area contributed by atoms with E-state index in [0.717, 1.165) is 18.8 Å². The molecule has 0 aliphatic carbocycles. The van der Waals surface area contributed by atoms with Gasteiger partial charge in [-0.15, -0.1) is 0 Å². The van der Waals surface area contributed by atoms with Crippen molar-refractivity contribution in [3.8, 4) is 0 Å². The van der Waals surface area contributed by atoms with Crippen LogP contribution < -0.4 is 0 Å². The van der Waals surface area contributed by atoms with Crippen LogP contribution in [0, 0.1) is 0 Å². The molecule has 0 atom stereocenters. The number of rotatable bonds is 2. The van der Waals surface area contributed by atoms with Crippen LogP contribution in [0.4, 0.5) is 5.69 Å². The maximum atomic E-state index is 4.10. The molecule has 0 N–H and O–H groups in total. The highest BCUT2D eigenvalue weighted by Gasteiger charge is 2.15. The first-order chi connectivity index (χ1) is 6.36. The van der Waals surface area contributed by atoms with Crippen molar-refractivity contribution in [1.82, 2.24) is 5.01 Å². The van der Waals surface area contributed by atoms with Crippen LogP contribution in [0.2, 0.25) is 0 Å². The van der Waals surface area contributed by atoms with Gasteiger partial charge in [0.1, 0.15) is 0 Å². The lowest BCUT2D eigenvalue weighted by Crippen LogP contribution is -2.12. The summed E-state index contributed by atoms with van der Waals surface area (Å²) < 4.78 is 0. The maximum absolute atomic E-state index is 4.10. The Labute approximate surface area is 78.8 Å². The van der Waals surface area contributed by atoms with Crippen molar-refractivity contribution in [2.75, 3.05) is 13.1 Å². The molecule has 0 amide bonds. The Balaban J connectivity index is 2.66. The summed E-state index contributed by atoms with van der Waals surface area (Å²) in [5.74, 6) is 0. The highest BCUT2D eigenvalue weighted by molar-refractivity contribution is 5.43. The zero-order chi connectivity index (χ0) is 9.52. The topological polar surface area (TPSA) is 12.0 Å². The van der Waals surface area contributed by atoms with Gasteiger partial charge in [0.15, 0.2) is 18.1 Å². The zero-order valence-corrected chi connectivity index (χ0v) is 8.14. The highest BCUT2D eigenvalue weighted by Crippen LogP contribution is 2.10. The van der Waals surface area contributed by atoms with E-state index >= 15 is 0 Å². The predicted molar refractivity (Wildman–Crippen MR) is 55.7 cm³/mol. The minimum Gasteiger partial charge on any atom is -0.0619 e. The van der Waals surface area contributed by atoms with Gasteiger partial charge in [0.25, 0.3) is 0 Å². The second kappa shape index (κ2) is 5.15. The van der Waals surface area contributed by atoms with Crippen LogP contribution in [-0.2, 0) is 0 Å². The first-order valence-electron chi connectivity index (χ1n) is 4.58. The third kappa shape index (κ3) is 3.12. The van der Waals surface area contributed by atoms with Crippen LogP contribution in [0.5, 0.6) is 0 Å². The molecule has 0 aliphatic heterocycles. The van der Waals surface area contributed by atoms with Crippen molar-refractivity contribution in [3.05, 3.63) is 40.4 Å². The average molecular weight is 177 g/mol. The molecule has 0 heterocycles. The summed E-state index contributed by atoms with van der Waals surface area (Å²) in [7, 11) is 0. The van der Waals surface area contributed by atoms with E-state index in [2.05, 4.69) is 23.9 Å². The number of benzene rings is 1. The molecule has 0 spiro atoms. The van der Waals surface area contributed by atoms with Crippen molar-refractivity contribution in [3.63, 3.8) is 0 Å². The van der Waals surface area contributed by atoms with Crippen molar-refractivity contribution in [2.24, 2.45) is 0 Å². The van der Waals surface area contributed by atoms with Gasteiger partial charge in [-0.1, -0.05) is 18.2 Å². The Morgan fingerprint density at radius 3 is 2.23 bits per heavy atom. The van der Waals surface area contributed by atoms with Crippen molar-refractivity contribution in [2.45, 2.75) is 13.8 Å². The summed E-state index contributed by atoms with van der Waals surface area (Å²) in [6, 6.07) is 9.75. The Bertz CT molecular complexity index is 293. The van der Waals surface area contributed by atoms with Crippen molar-refractivity contribution in [1.29, 1.82) is 0 Å². The monoisotopic (exact) mass is 177 g/mol. The summed E-state index contributed by atoms with van der Waals surface area (Å²) in [6.07, 6.45) is 0. The summed E-state index contributed by atoms with van der Waals surface area (Å²) in [5.41, 5.74) is 0.898. The number of hydrogen-bond donors (Lipinski definition) is 0. The molecular weight excluding hydrogens is 162 g/mol. The molecule has 0 aliphatic rings. The molecule has 0 fully saturated rings. The molecule has 3 heteroatoms. The summed E-state index contributed by atoms with van der Waals surface area (Å²) in [4.78, 5) is 4.10. The molecular formula is C10H15N3+2. The second-order valence-corrected chi connectivity index (χ2v) is 2.66. The molecule has 0 bridgehead atoms. The van der Waals surface area contributed by atoms with Gasteiger partial charge in [-0.05, 0) is 13.8 Å². The first-order valence-corrected chi connectivity index (χ1v) is 4.58. The van der Waals surface area contributed by atoms with Gasteiger partial charge < -0.3 is 0 Å². The molecule has 1 aromatic carbocycles. The smallest absolute Gasteiger partial charge is 0.0619 e. The largest absolute Gasteiger partial charge is 0.466 e. The van der Waals surface area contributed by atoms with Gasteiger partial charge in [0.05, 0.1) is 5.01 Å². The van der Waals surface area contributed by atoms with E-state index < -0.39 is 0 Å². The maximum Gasteiger partial charge on any atom is 0.466 e. The van der Waals surface area contributed by atoms with Crippen LogP contribution in [0.1, 0.15) is 13.8 Å². The van der Waals surface area contributed by atoms with Gasteiger partial charge >= 0.3 is 10.8 Å². The molecule has 13 heavy (non-hydrogen) atoms. The lowest BCUT2D eigenvalue weighted by Gasteiger charge is -1.83. The van der Waals surface area contributed by atoms with Gasteiger partial charge in [-0.25, -0.2) is 0 Å². The highest BCUT2D eigenvalue weighted by atomic mass is 15.5. The number of nitrogens with zero attached hydrogens (tertiary/aromatic N) is 3. The molecule has 0 aromatic heterocycles. The molecule has 1 rings (SSSR count). The normalized spacial score (nSPS) is 8.77. The standard InChI is InChI=1S/C10H15N3/c1-3-13(4-2)12-11-10-8-6-5-7-9-10/h5-9H,3-4H2,1-2H3/q+2. The van der Waals surface area contributed by atoms with E-state index in [9.17, 15) is 0 Å². The van der Waals surface area contributed by atoms with Gasteiger partial charge in [0, 0.05) is 12.1 Å². The SMILES string of the molecule is CCN(CC)[N+]#[N+]c1ccccc1. The minimum absolute atomic E-state index is 0.896. The minimum atomic E-state index is 0.896. The van der Waals surface area contributed by atoms with Crippen LogP contribution in [0.15, 0.2) is 30.3 Å². The van der Waals surface area contributed by atoms with Gasteiger partial charge in [-0.3, -0.25) is 0 Å². The molecule has 68 valence electrons. The molecule has 0 saturated heterocycles. The van der Waals surface area contributed by atoms with Crippen LogP contribution in [0.3, 0.4) is 0 Å². The van der Waals surface area contributed by atoms with E-state index in [0.29, 0.717) is 0 Å². The average Bonchev–Trinajstić information content (AvgIpc) is 2.21. The lowest BCUT2D eigenvalue weighted by atomic mass is 10.3. The van der Waals surface area contributed by atoms with Crippen LogP contribution >= 0.6 is 0 Å². The van der Waals surface area contributed by atoms with Crippen molar-refractivity contribution >= 4 is 5.69 Å². The van der Waals surface area contributed by atoms with Crippen LogP contribution in [-0.4, -0.2) is 18.1 Å². The fourth-order valence-electron chi connectivity index (χ4n) is 0.960. The quantitative estimate of drug-likeness (QED) is 0.499. The molecule has 1 aromatic rings. The Morgan fingerprint density at radius 1 is 1.08 bits per heavy atom. The molecule has 3 nitrogen and oxygen atoms in total. The van der Waals surface area contributed by atoms with E-state index in [1.54, 1.807) is 0 Å². The Hall–Kier alpha value is -1.56. The lowest BCUT2D eigenvalue weighted by molar-refractivity contribution is 0.412. The molecule has 0 radical (unpaired) electrons. The van der Waals surface area contributed by atoms with E-state index in [4.69, 9.17) is 0 Å². The van der Waals surface area contributed by atoms with Crippen molar-refractivity contribution < 1.29 is 0 Å². The Morgan fingerprint density at radius 2 is 1.69 bits per heavy atom. The molecule has 0 saturated carbocycles. The number of hydrogen-bond acceptors (Lipinski definition) is 1. The van der Waals surface area contributed by atoms with E-state index in [1.807, 2.05) is 35.3 Å². The summed E-state index contributed by atoms with van der Waals surface area (Å²) in [6.45, 7) is 5.92. The predicted octanol–water partition coefficient (Wildman–Crippen LogP) is 3.24. The zero-order valence-electron chi connectivity index (χ0n) is 8.14. The third-order valence-electron chi connectivity index (χ3n) is 1.77. The summed E-state index contributed by atoms with van der Waals surface area (Å²) in [5, 5.41) is 6.00. The third-order valence-corrected chi connectivity index (χ3v) is 1.77. The van der Waals surface area contributed by atoms with Gasteiger partial charge in [-0.2, -0.15) is 0 Å². The van der Waals surface area contributed by atoms with Gasteiger partial charge in [0.2, 0.25) is 0 Å².